The molecule has 5 aromatic rings. The zero-order valence-electron chi connectivity index (χ0n) is 16.1. The molecule has 1 heterocycles. The van der Waals surface area contributed by atoms with Crippen LogP contribution in [0.2, 0.25) is 0 Å². The number of nitrogens with zero attached hydrogens (tertiary/aromatic N) is 1. The monoisotopic (exact) mass is 479 g/mol. The summed E-state index contributed by atoms with van der Waals surface area (Å²) >= 11 is -3.57. The Morgan fingerprint density at radius 3 is 1.38 bits per heavy atom. The fourth-order valence-electron chi connectivity index (χ4n) is 4.28. The maximum absolute atomic E-state index is 5.27. The molecule has 0 N–H and O–H groups in total. The molecule has 0 saturated carbocycles. The summed E-state index contributed by atoms with van der Waals surface area (Å²) < 4.78 is 5.49. The van der Waals surface area contributed by atoms with Crippen LogP contribution in [0.15, 0.2) is 127 Å². The minimum atomic E-state index is -3.57. The quantitative estimate of drug-likeness (QED) is 0.360. The molecule has 29 heavy (non-hydrogen) atoms. The van der Waals surface area contributed by atoms with Gasteiger partial charge in [0.2, 0.25) is 0 Å². The third-order valence-corrected chi connectivity index (χ3v) is 18.9. The summed E-state index contributed by atoms with van der Waals surface area (Å²) in [5.74, 6) is 0. The molecule has 0 radical (unpaired) electrons. The zero-order chi connectivity index (χ0) is 19.5. The first kappa shape index (κ1) is 18.1. The van der Waals surface area contributed by atoms with Gasteiger partial charge in [0.1, 0.15) is 0 Å². The van der Waals surface area contributed by atoms with Crippen LogP contribution < -0.4 is 14.4 Å². The third kappa shape index (κ3) is 3.16. The van der Waals surface area contributed by atoms with Crippen LogP contribution in [0, 0.1) is 0 Å². The van der Waals surface area contributed by atoms with Crippen molar-refractivity contribution in [3.8, 4) is 0 Å². The van der Waals surface area contributed by atoms with E-state index in [1.165, 1.54) is 19.8 Å². The summed E-state index contributed by atoms with van der Waals surface area (Å²) in [6.45, 7) is 0. The van der Waals surface area contributed by atoms with Gasteiger partial charge in [-0.15, -0.1) is 0 Å². The first-order chi connectivity index (χ1) is 14.4. The van der Waals surface area contributed by atoms with Crippen LogP contribution in [0.5, 0.6) is 0 Å². The Balaban J connectivity index is 1.92. The molecule has 0 bridgehead atoms. The molecule has 1 aromatic heterocycles. The van der Waals surface area contributed by atoms with Gasteiger partial charge in [-0.3, -0.25) is 0 Å². The number of aromatic nitrogens is 1. The number of rotatable bonds is 4. The summed E-state index contributed by atoms with van der Waals surface area (Å²) in [4.78, 5) is 5.27. The van der Waals surface area contributed by atoms with Crippen LogP contribution in [0.4, 0.5) is 0 Å². The van der Waals surface area contributed by atoms with E-state index in [2.05, 4.69) is 127 Å². The first-order valence-electron chi connectivity index (χ1n) is 9.92. The van der Waals surface area contributed by atoms with E-state index in [1.807, 2.05) is 0 Å². The van der Waals surface area contributed by atoms with Crippen molar-refractivity contribution in [3.63, 3.8) is 0 Å². The Morgan fingerprint density at radius 1 is 0.414 bits per heavy atom. The predicted molar refractivity (Wildman–Crippen MR) is 125 cm³/mol. The van der Waals surface area contributed by atoms with Crippen molar-refractivity contribution < 1.29 is 0 Å². The summed E-state index contributed by atoms with van der Waals surface area (Å²) in [5.41, 5.74) is 1.06. The average molecular weight is 478 g/mol. The first-order valence-corrected chi connectivity index (χ1v) is 15.6. The zero-order valence-corrected chi connectivity index (χ0v) is 18.9. The molecular weight excluding hydrogens is 457 g/mol. The van der Waals surface area contributed by atoms with Gasteiger partial charge in [-0.1, -0.05) is 0 Å². The van der Waals surface area contributed by atoms with Crippen molar-refractivity contribution >= 4 is 43.7 Å². The van der Waals surface area contributed by atoms with Crippen molar-refractivity contribution in [2.75, 3.05) is 0 Å². The number of para-hydroxylation sites is 1. The molecule has 0 spiro atoms. The third-order valence-electron chi connectivity index (χ3n) is 5.60. The van der Waals surface area contributed by atoms with E-state index in [4.69, 9.17) is 4.98 Å². The Bertz CT molecular complexity index is 1140. The molecular formula is C27H21NSn. The second-order valence-electron chi connectivity index (χ2n) is 7.24. The molecule has 0 aliphatic carbocycles. The van der Waals surface area contributed by atoms with Crippen LogP contribution in [-0.4, -0.2) is 23.4 Å². The van der Waals surface area contributed by atoms with E-state index < -0.39 is 18.4 Å². The Kier molecular flexibility index (Phi) is 4.90. The van der Waals surface area contributed by atoms with E-state index >= 15 is 0 Å². The number of hydrogen-bond donors (Lipinski definition) is 0. The number of fused-ring (bicyclic) bond motifs is 1. The van der Waals surface area contributed by atoms with E-state index in [-0.39, 0.29) is 0 Å². The molecule has 0 aliphatic rings. The van der Waals surface area contributed by atoms with Gasteiger partial charge in [0.25, 0.3) is 0 Å². The molecule has 138 valence electrons. The normalized spacial score (nSPS) is 11.4. The number of hydrogen-bond acceptors (Lipinski definition) is 1. The van der Waals surface area contributed by atoms with Crippen molar-refractivity contribution in [2.45, 2.75) is 0 Å². The van der Waals surface area contributed by atoms with Gasteiger partial charge in [-0.05, 0) is 0 Å². The molecule has 0 aliphatic heterocycles. The average Bonchev–Trinajstić information content (AvgIpc) is 2.82. The van der Waals surface area contributed by atoms with Crippen LogP contribution >= 0.6 is 0 Å². The summed E-state index contributed by atoms with van der Waals surface area (Å²) in [7, 11) is 0. The molecule has 2 heteroatoms. The second kappa shape index (κ2) is 7.84. The number of pyridine rings is 1. The van der Waals surface area contributed by atoms with Gasteiger partial charge in [0, 0.05) is 0 Å². The fraction of sp³-hybridized carbons (Fsp3) is 0. The van der Waals surface area contributed by atoms with Crippen molar-refractivity contribution in [1.29, 1.82) is 0 Å². The Labute approximate surface area is 175 Å². The fourth-order valence-corrected chi connectivity index (χ4v) is 17.4. The summed E-state index contributed by atoms with van der Waals surface area (Å²) in [6, 6.07) is 46.0. The van der Waals surface area contributed by atoms with Gasteiger partial charge < -0.3 is 0 Å². The standard InChI is InChI=1S/C9H6N.3C6H5.Sn/c1-2-6-9-8(4-1)5-3-7-10-9;3*1-2-4-6-5-3-1;/h1-6H;3*1-5H;. The second-order valence-corrected chi connectivity index (χ2v) is 17.9. The minimum absolute atomic E-state index is 1.06. The van der Waals surface area contributed by atoms with Crippen LogP contribution in [0.1, 0.15) is 0 Å². The topological polar surface area (TPSA) is 12.9 Å². The maximum atomic E-state index is 5.27. The van der Waals surface area contributed by atoms with E-state index in [9.17, 15) is 0 Å². The van der Waals surface area contributed by atoms with Gasteiger partial charge in [0.15, 0.2) is 0 Å². The molecule has 0 fully saturated rings. The van der Waals surface area contributed by atoms with E-state index in [0.29, 0.717) is 0 Å². The molecule has 0 unspecified atom stereocenters. The predicted octanol–water partition coefficient (Wildman–Crippen LogP) is 3.61. The van der Waals surface area contributed by atoms with E-state index in [1.54, 1.807) is 0 Å². The van der Waals surface area contributed by atoms with Gasteiger partial charge in [0.05, 0.1) is 0 Å². The molecule has 0 amide bonds. The number of benzene rings is 4. The molecule has 0 saturated heterocycles. The Hall–Kier alpha value is -2.91. The van der Waals surface area contributed by atoms with Gasteiger partial charge in [-0.25, -0.2) is 0 Å². The van der Waals surface area contributed by atoms with Crippen LogP contribution in [0.25, 0.3) is 10.9 Å². The molecule has 1 nitrogen and oxygen atoms in total. The Morgan fingerprint density at radius 2 is 0.862 bits per heavy atom. The molecule has 5 rings (SSSR count). The van der Waals surface area contributed by atoms with Gasteiger partial charge >= 0.3 is 176 Å². The van der Waals surface area contributed by atoms with Crippen LogP contribution in [-0.2, 0) is 0 Å². The SMILES string of the molecule is c1cc[c]([Sn]([c]2ccccc2)([c]2ccccc2)[c]2ccc3ccccc3n2)cc1. The van der Waals surface area contributed by atoms with Crippen molar-refractivity contribution in [1.82, 2.24) is 4.98 Å². The van der Waals surface area contributed by atoms with E-state index in [0.717, 1.165) is 5.52 Å². The van der Waals surface area contributed by atoms with Crippen molar-refractivity contribution in [3.05, 3.63) is 127 Å². The summed E-state index contributed by atoms with van der Waals surface area (Å²) in [5, 5.41) is 1.19. The summed E-state index contributed by atoms with van der Waals surface area (Å²) in [6.07, 6.45) is 0. The molecule has 0 atom stereocenters. The molecule has 4 aromatic carbocycles. The van der Waals surface area contributed by atoms with Crippen LogP contribution in [0.3, 0.4) is 0 Å². The van der Waals surface area contributed by atoms with Gasteiger partial charge in [-0.2, -0.15) is 0 Å². The van der Waals surface area contributed by atoms with Crippen molar-refractivity contribution in [2.24, 2.45) is 0 Å².